The number of non-ortho nitro benzene ring substituents is 1. The van der Waals surface area contributed by atoms with Crippen LogP contribution in [0.1, 0.15) is 19.4 Å². The van der Waals surface area contributed by atoms with E-state index in [1.54, 1.807) is 11.0 Å². The number of alkyl halides is 3. The first kappa shape index (κ1) is 29.8. The second kappa shape index (κ2) is 11.7. The molecule has 0 radical (unpaired) electrons. The van der Waals surface area contributed by atoms with Gasteiger partial charge in [0.15, 0.2) is 17.8 Å². The zero-order valence-corrected chi connectivity index (χ0v) is 22.7. The Kier molecular flexibility index (Phi) is 8.53. The van der Waals surface area contributed by atoms with Crippen LogP contribution in [0, 0.1) is 10.1 Å². The summed E-state index contributed by atoms with van der Waals surface area (Å²) in [7, 11) is 1.29. The number of halogens is 3. The second-order valence-electron chi connectivity index (χ2n) is 9.91. The number of nitro groups is 1. The number of nitrogens with zero attached hydrogens (tertiary/aromatic N) is 6. The van der Waals surface area contributed by atoms with Gasteiger partial charge < -0.3 is 15.1 Å². The quantitative estimate of drug-likeness (QED) is 0.278. The fourth-order valence-electron chi connectivity index (χ4n) is 4.77. The van der Waals surface area contributed by atoms with Gasteiger partial charge in [-0.15, -0.1) is 5.06 Å². The second-order valence-corrected chi connectivity index (χ2v) is 9.91. The lowest BCUT2D eigenvalue weighted by Gasteiger charge is -2.40. The zero-order valence-electron chi connectivity index (χ0n) is 22.7. The molecule has 0 amide bonds. The monoisotopic (exact) mass is 581 g/mol. The molecule has 3 heterocycles. The predicted octanol–water partition coefficient (Wildman–Crippen LogP) is 1.50. The van der Waals surface area contributed by atoms with Crippen LogP contribution in [-0.2, 0) is 29.6 Å². The highest BCUT2D eigenvalue weighted by molar-refractivity contribution is 5.80. The molecular weight excluding hydrogens is 551 g/mol. The molecule has 0 spiro atoms. The summed E-state index contributed by atoms with van der Waals surface area (Å²) in [5, 5.41) is 14.8. The van der Waals surface area contributed by atoms with Crippen LogP contribution in [0.2, 0.25) is 0 Å². The maximum Gasteiger partial charge on any atom is 0.493 e. The van der Waals surface area contributed by atoms with E-state index in [1.165, 1.54) is 36.2 Å². The van der Waals surface area contributed by atoms with Crippen LogP contribution in [0.4, 0.5) is 30.4 Å². The Balaban J connectivity index is 1.82. The molecule has 1 unspecified atom stereocenters. The lowest BCUT2D eigenvalue weighted by molar-refractivity contribution is -0.384. The molecule has 0 saturated carbocycles. The Hall–Kier alpha value is -4.18. The molecule has 2 aliphatic heterocycles. The third-order valence-corrected chi connectivity index (χ3v) is 6.84. The van der Waals surface area contributed by atoms with Gasteiger partial charge >= 0.3 is 17.8 Å². The number of allylic oxidation sites excluding steroid dienone is 1. The average molecular weight is 582 g/mol. The van der Waals surface area contributed by atoms with E-state index in [-0.39, 0.29) is 36.7 Å². The number of hydroxylamine groups is 1. The first-order chi connectivity index (χ1) is 19.3. The van der Waals surface area contributed by atoms with Gasteiger partial charge in [0.2, 0.25) is 0 Å². The van der Waals surface area contributed by atoms with Crippen LogP contribution in [0.25, 0.3) is 0 Å². The molecular formula is C25H30F3N7O6. The smallest absolute Gasteiger partial charge is 0.327 e. The molecule has 2 aliphatic rings. The SMILES string of the molecule is CC(C)=CCN1c2c(n(C)c(=O)n(CCc3ccc([N+](=O)[O-])cc3)c2=O)N(OC(=O)C(F)(F)F)C1N1CCNCC1. The van der Waals surface area contributed by atoms with Crippen molar-refractivity contribution in [3.63, 3.8) is 0 Å². The Morgan fingerprint density at radius 2 is 1.80 bits per heavy atom. The number of carbonyl (C=O) groups excluding carboxylic acids is 1. The molecule has 41 heavy (non-hydrogen) atoms. The summed E-state index contributed by atoms with van der Waals surface area (Å²) < 4.78 is 42.0. The summed E-state index contributed by atoms with van der Waals surface area (Å²) in [6.45, 7) is 5.36. The normalized spacial score (nSPS) is 17.4. The van der Waals surface area contributed by atoms with Crippen LogP contribution in [-0.4, -0.2) is 70.1 Å². The van der Waals surface area contributed by atoms with E-state index in [2.05, 4.69) is 5.32 Å². The average Bonchev–Trinajstić information content (AvgIpc) is 3.24. The number of piperazine rings is 1. The minimum absolute atomic E-state index is 0.0831. The first-order valence-electron chi connectivity index (χ1n) is 12.8. The topological polar surface area (TPSA) is 135 Å². The largest absolute Gasteiger partial charge is 0.493 e. The van der Waals surface area contributed by atoms with Gasteiger partial charge in [-0.25, -0.2) is 9.59 Å². The van der Waals surface area contributed by atoms with Gasteiger partial charge in [0.1, 0.15) is 0 Å². The molecule has 4 rings (SSSR count). The van der Waals surface area contributed by atoms with Crippen molar-refractivity contribution in [1.29, 1.82) is 0 Å². The fourth-order valence-corrected chi connectivity index (χ4v) is 4.77. The summed E-state index contributed by atoms with van der Waals surface area (Å²) in [5.41, 5.74) is -0.288. The third kappa shape index (κ3) is 6.12. The van der Waals surface area contributed by atoms with Crippen LogP contribution in [0.3, 0.4) is 0 Å². The molecule has 2 aromatic rings. The van der Waals surface area contributed by atoms with Gasteiger partial charge in [0.25, 0.3) is 11.2 Å². The molecule has 1 atom stereocenters. The van der Waals surface area contributed by atoms with Crippen LogP contribution >= 0.6 is 0 Å². The standard InChI is InChI=1S/C25H30F3N7O6/c1-16(2)8-12-32-19-20(34(41-22(37)25(26,27)28)23(32)31-14-10-29-11-15-31)30(3)24(38)33(21(19)36)13-9-17-4-6-18(7-5-17)35(39)40/h4-8,23,29H,9-15H2,1-3H3. The molecule has 0 aliphatic carbocycles. The van der Waals surface area contributed by atoms with E-state index in [1.807, 2.05) is 13.8 Å². The number of nitrogens with one attached hydrogen (secondary N) is 1. The molecule has 16 heteroatoms. The van der Waals surface area contributed by atoms with Crippen LogP contribution in [0.15, 0.2) is 45.5 Å². The highest BCUT2D eigenvalue weighted by Crippen LogP contribution is 2.38. The molecule has 1 saturated heterocycles. The van der Waals surface area contributed by atoms with Gasteiger partial charge in [-0.2, -0.15) is 13.2 Å². The number of rotatable bonds is 8. The van der Waals surface area contributed by atoms with Crippen molar-refractivity contribution >= 4 is 23.2 Å². The Morgan fingerprint density at radius 1 is 1.17 bits per heavy atom. The third-order valence-electron chi connectivity index (χ3n) is 6.84. The van der Waals surface area contributed by atoms with E-state index < -0.39 is 34.6 Å². The number of aromatic nitrogens is 2. The first-order valence-corrected chi connectivity index (χ1v) is 12.8. The van der Waals surface area contributed by atoms with E-state index in [0.717, 1.165) is 14.7 Å². The molecule has 0 bridgehead atoms. The summed E-state index contributed by atoms with van der Waals surface area (Å²) in [6.07, 6.45) is -4.49. The number of hydrogen-bond donors (Lipinski definition) is 1. The lowest BCUT2D eigenvalue weighted by Crippen LogP contribution is -2.61. The minimum atomic E-state index is -5.32. The summed E-state index contributed by atoms with van der Waals surface area (Å²) >= 11 is 0. The van der Waals surface area contributed by atoms with Crippen molar-refractivity contribution < 1.29 is 27.7 Å². The fraction of sp³-hybridized carbons (Fsp3) is 0.480. The van der Waals surface area contributed by atoms with Gasteiger partial charge in [-0.05, 0) is 25.8 Å². The number of benzene rings is 1. The predicted molar refractivity (Wildman–Crippen MR) is 142 cm³/mol. The number of hydrogen-bond acceptors (Lipinski definition) is 10. The van der Waals surface area contributed by atoms with Crippen molar-refractivity contribution in [2.24, 2.45) is 7.05 Å². The summed E-state index contributed by atoms with van der Waals surface area (Å²) in [6, 6.07) is 5.65. The van der Waals surface area contributed by atoms with Gasteiger partial charge in [-0.3, -0.25) is 28.9 Å². The molecule has 1 aromatic heterocycles. The summed E-state index contributed by atoms with van der Waals surface area (Å²) in [5.74, 6) is -2.75. The molecule has 222 valence electrons. The highest BCUT2D eigenvalue weighted by atomic mass is 19.4. The van der Waals surface area contributed by atoms with Crippen molar-refractivity contribution in [1.82, 2.24) is 19.4 Å². The number of nitro benzene ring substituents is 1. The summed E-state index contributed by atoms with van der Waals surface area (Å²) in [4.78, 5) is 57.9. The minimum Gasteiger partial charge on any atom is -0.327 e. The zero-order chi connectivity index (χ0) is 30.1. The van der Waals surface area contributed by atoms with Crippen molar-refractivity contribution in [3.8, 4) is 0 Å². The number of anilines is 2. The number of aryl methyl sites for hydroxylation is 1. The maximum atomic E-state index is 13.9. The van der Waals surface area contributed by atoms with Gasteiger partial charge in [0.05, 0.1) is 4.92 Å². The Labute approximate surface area is 232 Å². The molecule has 13 nitrogen and oxygen atoms in total. The number of carbonyl (C=O) groups is 1. The lowest BCUT2D eigenvalue weighted by atomic mass is 10.1. The van der Waals surface area contributed by atoms with E-state index in [0.29, 0.717) is 36.8 Å². The van der Waals surface area contributed by atoms with E-state index >= 15 is 0 Å². The van der Waals surface area contributed by atoms with E-state index in [9.17, 15) is 37.7 Å². The van der Waals surface area contributed by atoms with Crippen molar-refractivity contribution in [2.45, 2.75) is 39.3 Å². The Morgan fingerprint density at radius 3 is 2.37 bits per heavy atom. The van der Waals surface area contributed by atoms with Crippen molar-refractivity contribution in [3.05, 3.63) is 72.4 Å². The maximum absolute atomic E-state index is 13.9. The molecule has 1 fully saturated rings. The van der Waals surface area contributed by atoms with Gasteiger partial charge in [-0.1, -0.05) is 23.8 Å². The van der Waals surface area contributed by atoms with Crippen LogP contribution in [0.5, 0.6) is 0 Å². The van der Waals surface area contributed by atoms with E-state index in [4.69, 9.17) is 4.84 Å². The van der Waals surface area contributed by atoms with Crippen LogP contribution < -0.4 is 26.5 Å². The highest BCUT2D eigenvalue weighted by Gasteiger charge is 2.50. The molecule has 1 aromatic carbocycles. The molecule has 1 N–H and O–H groups in total. The van der Waals surface area contributed by atoms with Crippen molar-refractivity contribution in [2.75, 3.05) is 42.7 Å². The van der Waals surface area contributed by atoms with Gasteiger partial charge in [0, 0.05) is 58.4 Å². The number of fused-ring (bicyclic) bond motifs is 1. The Bertz CT molecular complexity index is 1460.